The minimum Gasteiger partial charge on any atom is -0.324 e. The fraction of sp³-hybridized carbons (Fsp3) is 0.304. The van der Waals surface area contributed by atoms with E-state index >= 15 is 0 Å². The Morgan fingerprint density at radius 2 is 1.77 bits per heavy atom. The molecule has 0 aliphatic carbocycles. The minimum absolute atomic E-state index is 0.158. The molecule has 1 atom stereocenters. The van der Waals surface area contributed by atoms with Crippen LogP contribution >= 0.6 is 0 Å². The number of nitrogens with one attached hydrogen (secondary N) is 1. The lowest BCUT2D eigenvalue weighted by Crippen LogP contribution is -2.34. The van der Waals surface area contributed by atoms with Crippen LogP contribution in [0.2, 0.25) is 0 Å². The van der Waals surface area contributed by atoms with Crippen molar-refractivity contribution in [1.29, 1.82) is 0 Å². The molecule has 1 saturated heterocycles. The standard InChI is InChI=1S/C23H25N5O2S/c1-28-14-11-21(12-15-28)31(30)20-8-4-18(5-9-20)22-10-13-24-23(27-22)26-19-6-2-17(3-7-19)16-25-29/h2-10,13,21H,11-12,14-16H2,1H3,(H,24,26,27). The molecule has 1 aromatic heterocycles. The Bertz CT molecular complexity index is 1050. The number of hydrogen-bond donors (Lipinski definition) is 1. The Morgan fingerprint density at radius 3 is 2.45 bits per heavy atom. The fourth-order valence-electron chi connectivity index (χ4n) is 3.63. The van der Waals surface area contributed by atoms with Crippen molar-refractivity contribution in [2.75, 3.05) is 25.5 Å². The van der Waals surface area contributed by atoms with Gasteiger partial charge in [-0.05, 0) is 68.9 Å². The van der Waals surface area contributed by atoms with Crippen molar-refractivity contribution in [2.45, 2.75) is 29.5 Å². The molecular formula is C23H25N5O2S. The van der Waals surface area contributed by atoms with E-state index in [4.69, 9.17) is 0 Å². The molecule has 0 radical (unpaired) electrons. The van der Waals surface area contributed by atoms with Gasteiger partial charge >= 0.3 is 0 Å². The van der Waals surface area contributed by atoms with Crippen molar-refractivity contribution in [1.82, 2.24) is 14.9 Å². The first-order chi connectivity index (χ1) is 15.1. The summed E-state index contributed by atoms with van der Waals surface area (Å²) in [6.45, 7) is 2.16. The highest BCUT2D eigenvalue weighted by Crippen LogP contribution is 2.24. The molecule has 7 nitrogen and oxygen atoms in total. The molecule has 1 fully saturated rings. The van der Waals surface area contributed by atoms with Crippen molar-refractivity contribution < 1.29 is 4.21 Å². The van der Waals surface area contributed by atoms with E-state index in [1.165, 1.54) is 0 Å². The number of piperidine rings is 1. The number of rotatable bonds is 7. The van der Waals surface area contributed by atoms with Gasteiger partial charge in [0.1, 0.15) is 6.54 Å². The number of hydrogen-bond acceptors (Lipinski definition) is 7. The second-order valence-corrected chi connectivity index (χ2v) is 9.43. The summed E-state index contributed by atoms with van der Waals surface area (Å²) in [5, 5.41) is 6.30. The van der Waals surface area contributed by atoms with Crippen LogP contribution in [0.3, 0.4) is 0 Å². The first kappa shape index (κ1) is 21.3. The average Bonchev–Trinajstić information content (AvgIpc) is 2.81. The number of aromatic nitrogens is 2. The van der Waals surface area contributed by atoms with E-state index in [1.807, 2.05) is 54.6 Å². The van der Waals surface area contributed by atoms with E-state index in [2.05, 4.69) is 32.4 Å². The van der Waals surface area contributed by atoms with Crippen LogP contribution in [0.1, 0.15) is 18.4 Å². The van der Waals surface area contributed by atoms with Crippen LogP contribution in [0.25, 0.3) is 11.3 Å². The topological polar surface area (TPSA) is 87.5 Å². The zero-order chi connectivity index (χ0) is 21.6. The Labute approximate surface area is 184 Å². The highest BCUT2D eigenvalue weighted by Gasteiger charge is 2.23. The maximum Gasteiger partial charge on any atom is 0.227 e. The molecule has 1 aliphatic rings. The van der Waals surface area contributed by atoms with Crippen LogP contribution in [-0.4, -0.2) is 44.5 Å². The van der Waals surface area contributed by atoms with Gasteiger partial charge in [-0.3, -0.25) is 4.21 Å². The van der Waals surface area contributed by atoms with Crippen molar-refractivity contribution >= 4 is 22.4 Å². The van der Waals surface area contributed by atoms with E-state index in [-0.39, 0.29) is 11.8 Å². The van der Waals surface area contributed by atoms with Crippen LogP contribution in [0, 0.1) is 4.91 Å². The first-order valence-corrected chi connectivity index (χ1v) is 11.5. The molecule has 8 heteroatoms. The lowest BCUT2D eigenvalue weighted by Gasteiger charge is -2.28. The number of nitroso groups, excluding NO2 is 1. The number of likely N-dealkylation sites (tertiary alicyclic amines) is 1. The van der Waals surface area contributed by atoms with Crippen molar-refractivity contribution in [3.05, 3.63) is 71.3 Å². The number of nitrogens with zero attached hydrogens (tertiary/aromatic N) is 4. The summed E-state index contributed by atoms with van der Waals surface area (Å²) in [5.74, 6) is 0.484. The quantitative estimate of drug-likeness (QED) is 0.555. The lowest BCUT2D eigenvalue weighted by molar-refractivity contribution is 0.280. The number of benzene rings is 2. The van der Waals surface area contributed by atoms with Gasteiger partial charge in [-0.15, -0.1) is 0 Å². The molecule has 0 amide bonds. The smallest absolute Gasteiger partial charge is 0.227 e. The second-order valence-electron chi connectivity index (χ2n) is 7.70. The molecular weight excluding hydrogens is 410 g/mol. The van der Waals surface area contributed by atoms with Gasteiger partial charge in [0.2, 0.25) is 5.95 Å². The molecule has 1 unspecified atom stereocenters. The van der Waals surface area contributed by atoms with Gasteiger partial charge in [0.25, 0.3) is 0 Å². The summed E-state index contributed by atoms with van der Waals surface area (Å²) >= 11 is 0. The fourth-order valence-corrected chi connectivity index (χ4v) is 5.06. The van der Waals surface area contributed by atoms with Gasteiger partial charge in [0.05, 0.1) is 16.5 Å². The minimum atomic E-state index is -0.982. The predicted octanol–water partition coefficient (Wildman–Crippen LogP) is 4.36. The van der Waals surface area contributed by atoms with Crippen molar-refractivity contribution in [2.24, 2.45) is 5.18 Å². The van der Waals surface area contributed by atoms with Gasteiger partial charge < -0.3 is 10.2 Å². The number of anilines is 2. The predicted molar refractivity (Wildman–Crippen MR) is 124 cm³/mol. The molecule has 2 heterocycles. The van der Waals surface area contributed by atoms with Crippen LogP contribution < -0.4 is 5.32 Å². The Morgan fingerprint density at radius 1 is 1.06 bits per heavy atom. The molecule has 0 bridgehead atoms. The zero-order valence-electron chi connectivity index (χ0n) is 17.4. The van der Waals surface area contributed by atoms with Crippen LogP contribution in [0.4, 0.5) is 11.6 Å². The molecule has 1 N–H and O–H groups in total. The van der Waals surface area contributed by atoms with E-state index in [0.29, 0.717) is 5.95 Å². The zero-order valence-corrected chi connectivity index (χ0v) is 18.2. The average molecular weight is 436 g/mol. The highest BCUT2D eigenvalue weighted by atomic mass is 32.2. The first-order valence-electron chi connectivity index (χ1n) is 10.3. The van der Waals surface area contributed by atoms with E-state index in [1.54, 1.807) is 6.20 Å². The Kier molecular flexibility index (Phi) is 6.79. The Balaban J connectivity index is 1.45. The SMILES string of the molecule is CN1CCC(S(=O)c2ccc(-c3ccnc(Nc4ccc(CN=O)cc4)n3)cc2)CC1. The van der Waals surface area contributed by atoms with Gasteiger partial charge in [-0.2, -0.15) is 4.91 Å². The van der Waals surface area contributed by atoms with Crippen LogP contribution in [0.15, 0.2) is 70.9 Å². The van der Waals surface area contributed by atoms with Gasteiger partial charge in [-0.1, -0.05) is 29.4 Å². The van der Waals surface area contributed by atoms with Gasteiger partial charge in [0, 0.05) is 27.6 Å². The van der Waals surface area contributed by atoms with Gasteiger partial charge in [0.15, 0.2) is 0 Å². The summed E-state index contributed by atoms with van der Waals surface area (Å²) in [6.07, 6.45) is 3.65. The van der Waals surface area contributed by atoms with E-state index < -0.39 is 10.8 Å². The molecule has 4 rings (SSSR count). The van der Waals surface area contributed by atoms with Gasteiger partial charge in [-0.25, -0.2) is 9.97 Å². The second kappa shape index (κ2) is 9.89. The Hall–Kier alpha value is -2.97. The molecule has 160 valence electrons. The van der Waals surface area contributed by atoms with Crippen molar-refractivity contribution in [3.8, 4) is 11.3 Å². The summed E-state index contributed by atoms with van der Waals surface area (Å²) in [4.78, 5) is 22.4. The largest absolute Gasteiger partial charge is 0.324 e. The summed E-state index contributed by atoms with van der Waals surface area (Å²) in [6, 6.07) is 17.1. The summed E-state index contributed by atoms with van der Waals surface area (Å²) in [7, 11) is 1.13. The van der Waals surface area contributed by atoms with E-state index in [0.717, 1.165) is 53.3 Å². The van der Waals surface area contributed by atoms with Crippen LogP contribution in [-0.2, 0) is 17.3 Å². The third-order valence-corrected chi connectivity index (χ3v) is 7.28. The lowest BCUT2D eigenvalue weighted by atomic mass is 10.1. The maximum atomic E-state index is 12.9. The molecule has 3 aromatic rings. The normalized spacial score (nSPS) is 16.0. The third kappa shape index (κ3) is 5.39. The highest BCUT2D eigenvalue weighted by molar-refractivity contribution is 7.85. The molecule has 0 saturated carbocycles. The van der Waals surface area contributed by atoms with Crippen molar-refractivity contribution in [3.63, 3.8) is 0 Å². The molecule has 0 spiro atoms. The monoisotopic (exact) mass is 435 g/mol. The molecule has 31 heavy (non-hydrogen) atoms. The van der Waals surface area contributed by atoms with Crippen LogP contribution in [0.5, 0.6) is 0 Å². The summed E-state index contributed by atoms with van der Waals surface area (Å²) < 4.78 is 12.9. The summed E-state index contributed by atoms with van der Waals surface area (Å²) in [5.41, 5.74) is 3.42. The van der Waals surface area contributed by atoms with E-state index in [9.17, 15) is 9.12 Å². The third-order valence-electron chi connectivity index (χ3n) is 5.46. The molecule has 2 aromatic carbocycles. The molecule has 1 aliphatic heterocycles. The maximum absolute atomic E-state index is 12.9.